The van der Waals surface area contributed by atoms with Gasteiger partial charge in [-0.2, -0.15) is 0 Å². The molecular weight excluding hydrogens is 320 g/mol. The molecule has 0 radical (unpaired) electrons. The summed E-state index contributed by atoms with van der Waals surface area (Å²) < 4.78 is 1.84. The lowest BCUT2D eigenvalue weighted by atomic mass is 9.95. The first-order valence-electron chi connectivity index (χ1n) is 7.66. The number of aromatic nitrogens is 2. The maximum Gasteiger partial charge on any atom is 0.262 e. The summed E-state index contributed by atoms with van der Waals surface area (Å²) in [6.07, 6.45) is 5.58. The molecule has 0 atom stereocenters. The zero-order chi connectivity index (χ0) is 15.5. The monoisotopic (exact) mass is 338 g/mol. The molecule has 0 saturated heterocycles. The second kappa shape index (κ2) is 7.02. The largest absolute Gasteiger partial charge is 0.396 e. The highest BCUT2D eigenvalue weighted by molar-refractivity contribution is 7.99. The minimum absolute atomic E-state index is 0.00834. The number of thioether (sulfide) groups is 1. The van der Waals surface area contributed by atoms with Gasteiger partial charge in [0.15, 0.2) is 5.16 Å². The van der Waals surface area contributed by atoms with Gasteiger partial charge in [-0.3, -0.25) is 9.36 Å². The van der Waals surface area contributed by atoms with Crippen LogP contribution in [0.1, 0.15) is 38.1 Å². The molecule has 0 bridgehead atoms. The van der Waals surface area contributed by atoms with Crippen LogP contribution in [0.4, 0.5) is 0 Å². The predicted octanol–water partition coefficient (Wildman–Crippen LogP) is 3.64. The van der Waals surface area contributed by atoms with Crippen molar-refractivity contribution in [1.82, 2.24) is 9.55 Å². The van der Waals surface area contributed by atoms with E-state index in [1.165, 1.54) is 18.2 Å². The van der Waals surface area contributed by atoms with Gasteiger partial charge in [0.1, 0.15) is 0 Å². The fourth-order valence-electron chi connectivity index (χ4n) is 3.05. The van der Waals surface area contributed by atoms with E-state index in [4.69, 9.17) is 16.7 Å². The van der Waals surface area contributed by atoms with Crippen LogP contribution >= 0.6 is 23.4 Å². The van der Waals surface area contributed by atoms with Crippen molar-refractivity contribution in [3.8, 4) is 0 Å². The molecule has 1 N–H and O–H groups in total. The third kappa shape index (κ3) is 3.16. The van der Waals surface area contributed by atoms with E-state index < -0.39 is 0 Å². The van der Waals surface area contributed by atoms with Gasteiger partial charge in [0.05, 0.1) is 17.5 Å². The van der Waals surface area contributed by atoms with Gasteiger partial charge in [-0.15, -0.1) is 0 Å². The van der Waals surface area contributed by atoms with Gasteiger partial charge in [0, 0.05) is 16.8 Å². The van der Waals surface area contributed by atoms with Crippen molar-refractivity contribution >= 4 is 34.3 Å². The number of aliphatic hydroxyl groups excluding tert-OH is 1. The Labute approximate surface area is 138 Å². The summed E-state index contributed by atoms with van der Waals surface area (Å²) in [6, 6.07) is 5.44. The SMILES string of the molecule is O=c1c2ccc(Cl)cc2nc(SCCO)n1C1CCCCC1. The molecule has 118 valence electrons. The number of benzene rings is 1. The lowest BCUT2D eigenvalue weighted by Crippen LogP contribution is -2.29. The third-order valence-electron chi connectivity index (χ3n) is 4.09. The normalized spacial score (nSPS) is 16.3. The Morgan fingerprint density at radius 1 is 1.32 bits per heavy atom. The van der Waals surface area contributed by atoms with Crippen molar-refractivity contribution in [1.29, 1.82) is 0 Å². The van der Waals surface area contributed by atoms with Gasteiger partial charge in [-0.05, 0) is 31.0 Å². The van der Waals surface area contributed by atoms with Crippen molar-refractivity contribution in [2.45, 2.75) is 43.3 Å². The third-order valence-corrected chi connectivity index (χ3v) is 5.26. The minimum atomic E-state index is 0.00834. The van der Waals surface area contributed by atoms with Gasteiger partial charge in [0.2, 0.25) is 0 Å². The van der Waals surface area contributed by atoms with Crippen LogP contribution < -0.4 is 5.56 Å². The standard InChI is InChI=1S/C16H19ClN2O2S/c17-11-6-7-13-14(10-11)18-16(22-9-8-20)19(15(13)21)12-4-2-1-3-5-12/h6-7,10,12,20H,1-5,8-9H2. The molecule has 0 aliphatic heterocycles. The van der Waals surface area contributed by atoms with E-state index in [1.807, 2.05) is 4.57 Å². The summed E-state index contributed by atoms with van der Waals surface area (Å²) in [5.74, 6) is 0.533. The van der Waals surface area contributed by atoms with E-state index in [9.17, 15) is 4.79 Å². The summed E-state index contributed by atoms with van der Waals surface area (Å²) in [6.45, 7) is 0.0682. The Morgan fingerprint density at radius 2 is 2.09 bits per heavy atom. The summed E-state index contributed by atoms with van der Waals surface area (Å²) in [4.78, 5) is 17.6. The van der Waals surface area contributed by atoms with Crippen molar-refractivity contribution in [3.63, 3.8) is 0 Å². The van der Waals surface area contributed by atoms with E-state index >= 15 is 0 Å². The van der Waals surface area contributed by atoms with Crippen LogP contribution in [0.25, 0.3) is 10.9 Å². The Kier molecular flexibility index (Phi) is 5.06. The first-order chi connectivity index (χ1) is 10.7. The first-order valence-corrected chi connectivity index (χ1v) is 9.02. The van der Waals surface area contributed by atoms with Crippen LogP contribution in [-0.2, 0) is 0 Å². The molecule has 1 aliphatic carbocycles. The van der Waals surface area contributed by atoms with Gasteiger partial charge >= 0.3 is 0 Å². The molecule has 3 rings (SSSR count). The molecule has 1 aromatic carbocycles. The number of nitrogens with zero attached hydrogens (tertiary/aromatic N) is 2. The topological polar surface area (TPSA) is 55.1 Å². The van der Waals surface area contributed by atoms with Crippen LogP contribution in [0, 0.1) is 0 Å². The molecule has 0 spiro atoms. The van der Waals surface area contributed by atoms with Crippen LogP contribution in [0.2, 0.25) is 5.02 Å². The van der Waals surface area contributed by atoms with Crippen molar-refractivity contribution in [2.75, 3.05) is 12.4 Å². The maximum absolute atomic E-state index is 12.9. The van der Waals surface area contributed by atoms with Gasteiger partial charge < -0.3 is 5.11 Å². The highest BCUT2D eigenvalue weighted by atomic mass is 35.5. The number of aliphatic hydroxyl groups is 1. The van der Waals surface area contributed by atoms with Crippen molar-refractivity contribution in [2.24, 2.45) is 0 Å². The van der Waals surface area contributed by atoms with Crippen LogP contribution in [0.5, 0.6) is 0 Å². The summed E-state index contributed by atoms with van der Waals surface area (Å²) in [5.41, 5.74) is 0.638. The highest BCUT2D eigenvalue weighted by Gasteiger charge is 2.21. The molecular formula is C16H19ClN2O2S. The number of hydrogen-bond acceptors (Lipinski definition) is 4. The van der Waals surface area contributed by atoms with E-state index in [1.54, 1.807) is 18.2 Å². The number of halogens is 1. The number of hydrogen-bond donors (Lipinski definition) is 1. The fraction of sp³-hybridized carbons (Fsp3) is 0.500. The van der Waals surface area contributed by atoms with Gasteiger partial charge in [0.25, 0.3) is 5.56 Å². The van der Waals surface area contributed by atoms with Gasteiger partial charge in [-0.1, -0.05) is 42.6 Å². The quantitative estimate of drug-likeness (QED) is 0.683. The molecule has 1 aromatic heterocycles. The molecule has 1 saturated carbocycles. The molecule has 4 nitrogen and oxygen atoms in total. The highest BCUT2D eigenvalue weighted by Crippen LogP contribution is 2.31. The van der Waals surface area contributed by atoms with Crippen LogP contribution in [-0.4, -0.2) is 27.0 Å². The molecule has 0 amide bonds. The lowest BCUT2D eigenvalue weighted by Gasteiger charge is -2.26. The van der Waals surface area contributed by atoms with E-state index in [2.05, 4.69) is 4.98 Å². The van der Waals surface area contributed by atoms with Crippen molar-refractivity contribution in [3.05, 3.63) is 33.6 Å². The first kappa shape index (κ1) is 15.8. The maximum atomic E-state index is 12.9. The van der Waals surface area contributed by atoms with Crippen molar-refractivity contribution < 1.29 is 5.11 Å². The summed E-state index contributed by atoms with van der Waals surface area (Å²) in [5, 5.41) is 11.0. The molecule has 22 heavy (non-hydrogen) atoms. The second-order valence-corrected chi connectivity index (χ2v) is 7.09. The Balaban J connectivity index is 2.15. The van der Waals surface area contributed by atoms with Crippen LogP contribution in [0.3, 0.4) is 0 Å². The average molecular weight is 339 g/mol. The average Bonchev–Trinajstić information content (AvgIpc) is 2.53. The molecule has 2 aromatic rings. The molecule has 0 unspecified atom stereocenters. The molecule has 1 aliphatic rings. The smallest absolute Gasteiger partial charge is 0.262 e. The molecule has 1 heterocycles. The Hall–Kier alpha value is -1.04. The number of fused-ring (bicyclic) bond motifs is 1. The fourth-order valence-corrected chi connectivity index (χ4v) is 4.03. The number of rotatable bonds is 4. The van der Waals surface area contributed by atoms with Crippen LogP contribution in [0.15, 0.2) is 28.2 Å². The van der Waals surface area contributed by atoms with E-state index in [0.29, 0.717) is 26.8 Å². The minimum Gasteiger partial charge on any atom is -0.396 e. The van der Waals surface area contributed by atoms with E-state index in [0.717, 1.165) is 25.7 Å². The second-order valence-electron chi connectivity index (χ2n) is 5.59. The molecule has 1 fully saturated rings. The Morgan fingerprint density at radius 3 is 2.82 bits per heavy atom. The lowest BCUT2D eigenvalue weighted by molar-refractivity contribution is 0.319. The molecule has 6 heteroatoms. The predicted molar refractivity (Wildman–Crippen MR) is 90.9 cm³/mol. The summed E-state index contributed by atoms with van der Waals surface area (Å²) in [7, 11) is 0. The van der Waals surface area contributed by atoms with E-state index in [-0.39, 0.29) is 18.2 Å². The zero-order valence-corrected chi connectivity index (χ0v) is 13.9. The summed E-state index contributed by atoms with van der Waals surface area (Å²) >= 11 is 7.45. The Bertz CT molecular complexity index is 726. The van der Waals surface area contributed by atoms with Gasteiger partial charge in [-0.25, -0.2) is 4.98 Å². The zero-order valence-electron chi connectivity index (χ0n) is 12.3.